The standard InChI is InChI=1S/C16H17NO4/c1-2-20-16(19)13-9-12(17)7-8-15(13)21-14-6-4-3-5-11(14)10-18/h3-9,18H,2,10,17H2,1H3. The molecule has 2 rings (SSSR count). The predicted octanol–water partition coefficient (Wildman–Crippen LogP) is 2.73. The van der Waals surface area contributed by atoms with E-state index in [0.717, 1.165) is 0 Å². The Kier molecular flexibility index (Phi) is 4.79. The molecule has 0 spiro atoms. The van der Waals surface area contributed by atoms with Gasteiger partial charge in [-0.15, -0.1) is 0 Å². The number of esters is 1. The summed E-state index contributed by atoms with van der Waals surface area (Å²) in [6, 6.07) is 11.8. The van der Waals surface area contributed by atoms with Crippen LogP contribution in [-0.4, -0.2) is 17.7 Å². The number of ether oxygens (including phenoxy) is 2. The lowest BCUT2D eigenvalue weighted by Gasteiger charge is -2.13. The average molecular weight is 287 g/mol. The lowest BCUT2D eigenvalue weighted by atomic mass is 10.1. The van der Waals surface area contributed by atoms with Gasteiger partial charge in [-0.2, -0.15) is 0 Å². The van der Waals surface area contributed by atoms with Crippen LogP contribution in [-0.2, 0) is 11.3 Å². The predicted molar refractivity (Wildman–Crippen MR) is 79.2 cm³/mol. The van der Waals surface area contributed by atoms with E-state index in [9.17, 15) is 9.90 Å². The van der Waals surface area contributed by atoms with Crippen molar-refractivity contribution in [1.29, 1.82) is 0 Å². The average Bonchev–Trinajstić information content (AvgIpc) is 2.49. The minimum atomic E-state index is -0.499. The van der Waals surface area contributed by atoms with E-state index in [2.05, 4.69) is 0 Å². The van der Waals surface area contributed by atoms with Crippen molar-refractivity contribution in [2.24, 2.45) is 0 Å². The molecule has 2 aromatic carbocycles. The third-order valence-electron chi connectivity index (χ3n) is 2.86. The van der Waals surface area contributed by atoms with Gasteiger partial charge in [0.1, 0.15) is 17.1 Å². The molecule has 0 amide bonds. The molecule has 21 heavy (non-hydrogen) atoms. The largest absolute Gasteiger partial charge is 0.462 e. The molecule has 0 fully saturated rings. The van der Waals surface area contributed by atoms with E-state index in [0.29, 0.717) is 22.7 Å². The van der Waals surface area contributed by atoms with Gasteiger partial charge in [-0.3, -0.25) is 0 Å². The summed E-state index contributed by atoms with van der Waals surface area (Å²) >= 11 is 0. The Hall–Kier alpha value is -2.53. The lowest BCUT2D eigenvalue weighted by molar-refractivity contribution is 0.0523. The molecule has 110 valence electrons. The van der Waals surface area contributed by atoms with Crippen molar-refractivity contribution in [3.05, 3.63) is 53.6 Å². The highest BCUT2D eigenvalue weighted by Crippen LogP contribution is 2.30. The van der Waals surface area contributed by atoms with Crippen molar-refractivity contribution >= 4 is 11.7 Å². The summed E-state index contributed by atoms with van der Waals surface area (Å²) in [5.74, 6) is 0.320. The highest BCUT2D eigenvalue weighted by Gasteiger charge is 2.16. The minimum Gasteiger partial charge on any atom is -0.462 e. The number of rotatable bonds is 5. The van der Waals surface area contributed by atoms with Crippen LogP contribution in [0, 0.1) is 0 Å². The zero-order valence-corrected chi connectivity index (χ0v) is 11.7. The summed E-state index contributed by atoms with van der Waals surface area (Å²) in [6.45, 7) is 1.84. The molecule has 0 unspecified atom stereocenters. The molecule has 0 atom stereocenters. The van der Waals surface area contributed by atoms with E-state index in [1.807, 2.05) is 0 Å². The van der Waals surface area contributed by atoms with Crippen LogP contribution in [0.15, 0.2) is 42.5 Å². The summed E-state index contributed by atoms with van der Waals surface area (Å²) in [7, 11) is 0. The molecule has 5 nitrogen and oxygen atoms in total. The first-order valence-electron chi connectivity index (χ1n) is 6.59. The Morgan fingerprint density at radius 3 is 2.67 bits per heavy atom. The van der Waals surface area contributed by atoms with Gasteiger partial charge in [0, 0.05) is 11.3 Å². The zero-order chi connectivity index (χ0) is 15.2. The third kappa shape index (κ3) is 3.52. The summed E-state index contributed by atoms with van der Waals surface area (Å²) in [5.41, 5.74) is 7.04. The van der Waals surface area contributed by atoms with E-state index < -0.39 is 5.97 Å². The fourth-order valence-electron chi connectivity index (χ4n) is 1.86. The molecule has 5 heteroatoms. The molecule has 0 bridgehead atoms. The smallest absolute Gasteiger partial charge is 0.342 e. The maximum atomic E-state index is 12.0. The van der Waals surface area contributed by atoms with Gasteiger partial charge < -0.3 is 20.3 Å². The van der Waals surface area contributed by atoms with E-state index in [4.69, 9.17) is 15.2 Å². The van der Waals surface area contributed by atoms with Gasteiger partial charge in [-0.1, -0.05) is 18.2 Å². The van der Waals surface area contributed by atoms with Crippen molar-refractivity contribution in [1.82, 2.24) is 0 Å². The second-order valence-corrected chi connectivity index (χ2v) is 4.34. The minimum absolute atomic E-state index is 0.153. The molecule has 0 saturated heterocycles. The van der Waals surface area contributed by atoms with Crippen molar-refractivity contribution in [3.63, 3.8) is 0 Å². The van der Waals surface area contributed by atoms with Gasteiger partial charge in [0.2, 0.25) is 0 Å². The molecule has 0 aliphatic carbocycles. The molecule has 2 aromatic rings. The maximum absolute atomic E-state index is 12.0. The molecule has 3 N–H and O–H groups in total. The SMILES string of the molecule is CCOC(=O)c1cc(N)ccc1Oc1ccccc1CO. The highest BCUT2D eigenvalue weighted by molar-refractivity contribution is 5.93. The van der Waals surface area contributed by atoms with E-state index in [-0.39, 0.29) is 18.8 Å². The molecular weight excluding hydrogens is 270 g/mol. The van der Waals surface area contributed by atoms with Crippen LogP contribution in [0.2, 0.25) is 0 Å². The maximum Gasteiger partial charge on any atom is 0.342 e. The first kappa shape index (κ1) is 14.9. The molecule has 0 radical (unpaired) electrons. The number of benzene rings is 2. The molecule has 0 heterocycles. The fraction of sp³-hybridized carbons (Fsp3) is 0.188. The normalized spacial score (nSPS) is 10.2. The molecule has 0 aliphatic heterocycles. The summed E-state index contributed by atoms with van der Waals surface area (Å²) in [4.78, 5) is 12.0. The van der Waals surface area contributed by atoms with Gasteiger partial charge in [0.15, 0.2) is 0 Å². The fourth-order valence-corrected chi connectivity index (χ4v) is 1.86. The Balaban J connectivity index is 2.37. The molecule has 0 aliphatic rings. The van der Waals surface area contributed by atoms with Gasteiger partial charge in [-0.05, 0) is 31.2 Å². The van der Waals surface area contributed by atoms with Crippen LogP contribution in [0.1, 0.15) is 22.8 Å². The van der Waals surface area contributed by atoms with Crippen molar-refractivity contribution < 1.29 is 19.4 Å². The number of aliphatic hydroxyl groups is 1. The Morgan fingerprint density at radius 1 is 1.19 bits per heavy atom. The first-order valence-corrected chi connectivity index (χ1v) is 6.59. The number of hydrogen-bond acceptors (Lipinski definition) is 5. The van der Waals surface area contributed by atoms with Crippen molar-refractivity contribution in [3.8, 4) is 11.5 Å². The highest BCUT2D eigenvalue weighted by atomic mass is 16.5. The number of nitrogens with two attached hydrogens (primary N) is 1. The van der Waals surface area contributed by atoms with Crippen LogP contribution in [0.3, 0.4) is 0 Å². The zero-order valence-electron chi connectivity index (χ0n) is 11.7. The van der Waals surface area contributed by atoms with Crippen LogP contribution < -0.4 is 10.5 Å². The van der Waals surface area contributed by atoms with Gasteiger partial charge >= 0.3 is 5.97 Å². The van der Waals surface area contributed by atoms with E-state index in [1.54, 1.807) is 43.3 Å². The second-order valence-electron chi connectivity index (χ2n) is 4.34. The monoisotopic (exact) mass is 287 g/mol. The number of anilines is 1. The summed E-state index contributed by atoms with van der Waals surface area (Å²) in [6.07, 6.45) is 0. The van der Waals surface area contributed by atoms with Gasteiger partial charge in [0.25, 0.3) is 0 Å². The van der Waals surface area contributed by atoms with Crippen LogP contribution in [0.25, 0.3) is 0 Å². The Bertz CT molecular complexity index is 640. The lowest BCUT2D eigenvalue weighted by Crippen LogP contribution is -2.07. The first-order chi connectivity index (χ1) is 10.2. The molecule has 0 aromatic heterocycles. The van der Waals surface area contributed by atoms with Gasteiger partial charge in [-0.25, -0.2) is 4.79 Å². The second kappa shape index (κ2) is 6.76. The van der Waals surface area contributed by atoms with E-state index in [1.165, 1.54) is 6.07 Å². The van der Waals surface area contributed by atoms with E-state index >= 15 is 0 Å². The number of nitrogen functional groups attached to an aromatic ring is 1. The summed E-state index contributed by atoms with van der Waals surface area (Å²) in [5, 5.41) is 9.31. The number of para-hydroxylation sites is 1. The topological polar surface area (TPSA) is 81.8 Å². The number of carbonyl (C=O) groups excluding carboxylic acids is 1. The van der Waals surface area contributed by atoms with Gasteiger partial charge in [0.05, 0.1) is 13.2 Å². The number of carbonyl (C=O) groups is 1. The van der Waals surface area contributed by atoms with Crippen LogP contribution >= 0.6 is 0 Å². The van der Waals surface area contributed by atoms with Crippen LogP contribution in [0.4, 0.5) is 5.69 Å². The molecule has 0 saturated carbocycles. The number of hydrogen-bond donors (Lipinski definition) is 2. The third-order valence-corrected chi connectivity index (χ3v) is 2.86. The quantitative estimate of drug-likeness (QED) is 0.652. The van der Waals surface area contributed by atoms with Crippen LogP contribution in [0.5, 0.6) is 11.5 Å². The summed E-state index contributed by atoms with van der Waals surface area (Å²) < 4.78 is 10.7. The number of aliphatic hydroxyl groups excluding tert-OH is 1. The van der Waals surface area contributed by atoms with Crippen molar-refractivity contribution in [2.75, 3.05) is 12.3 Å². The Labute approximate surface area is 122 Å². The molecular formula is C16H17NO4. The van der Waals surface area contributed by atoms with Crippen molar-refractivity contribution in [2.45, 2.75) is 13.5 Å². The Morgan fingerprint density at radius 2 is 1.95 bits per heavy atom.